The average Bonchev–Trinajstić information content (AvgIpc) is 3.46. The number of thiazole rings is 1. The van der Waals surface area contributed by atoms with Crippen molar-refractivity contribution in [2.45, 2.75) is 32.9 Å². The molecule has 0 fully saturated rings. The Kier molecular flexibility index (Phi) is 4.92. The Balaban J connectivity index is 1.37. The highest BCUT2D eigenvalue weighted by molar-refractivity contribution is 7.20. The fourth-order valence-corrected chi connectivity index (χ4v) is 5.82. The zero-order chi connectivity index (χ0) is 20.8. The van der Waals surface area contributed by atoms with Crippen LogP contribution in [0.25, 0.3) is 20.8 Å². The molecule has 0 atom stereocenters. The number of esters is 1. The molecule has 0 bridgehead atoms. The Bertz CT molecular complexity index is 1360. The van der Waals surface area contributed by atoms with Crippen LogP contribution in [0.2, 0.25) is 5.02 Å². The Labute approximate surface area is 184 Å². The number of aromatic nitrogens is 3. The Hall–Kier alpha value is -2.55. The van der Waals surface area contributed by atoms with Gasteiger partial charge < -0.3 is 4.74 Å². The third-order valence-electron chi connectivity index (χ3n) is 5.10. The van der Waals surface area contributed by atoms with E-state index < -0.39 is 5.97 Å². The van der Waals surface area contributed by atoms with E-state index in [1.165, 1.54) is 22.7 Å². The van der Waals surface area contributed by atoms with Crippen LogP contribution < -0.4 is 5.56 Å². The lowest BCUT2D eigenvalue weighted by molar-refractivity contribution is 0.0473. The van der Waals surface area contributed by atoms with Crippen LogP contribution in [-0.4, -0.2) is 20.5 Å². The molecule has 4 aromatic rings. The smallest absolute Gasteiger partial charge is 0.349 e. The molecule has 0 radical (unpaired) electrons. The van der Waals surface area contributed by atoms with Crippen LogP contribution >= 0.6 is 34.3 Å². The lowest BCUT2D eigenvalue weighted by Crippen LogP contribution is -2.20. The van der Waals surface area contributed by atoms with Gasteiger partial charge in [-0.05, 0) is 25.0 Å². The Morgan fingerprint density at radius 2 is 2.13 bits per heavy atom. The summed E-state index contributed by atoms with van der Waals surface area (Å²) in [6, 6.07) is 7.49. The van der Waals surface area contributed by atoms with E-state index in [1.807, 2.05) is 29.6 Å². The molecule has 0 unspecified atom stereocenters. The van der Waals surface area contributed by atoms with Crippen molar-refractivity contribution in [2.24, 2.45) is 0 Å². The van der Waals surface area contributed by atoms with Crippen LogP contribution in [0.5, 0.6) is 0 Å². The van der Waals surface area contributed by atoms with Crippen molar-refractivity contribution in [1.29, 1.82) is 0 Å². The third-order valence-corrected chi connectivity index (χ3v) is 7.52. The molecule has 9 heteroatoms. The number of carbonyl (C=O) groups excluding carboxylic acids is 1. The number of carbonyl (C=O) groups is 1. The molecule has 0 aliphatic carbocycles. The van der Waals surface area contributed by atoms with Crippen LogP contribution in [0.4, 0.5) is 0 Å². The summed E-state index contributed by atoms with van der Waals surface area (Å²) in [4.78, 5) is 35.6. The summed E-state index contributed by atoms with van der Waals surface area (Å²) < 4.78 is 7.20. The Morgan fingerprint density at radius 3 is 2.97 bits per heavy atom. The first-order valence-electron chi connectivity index (χ1n) is 9.42. The third kappa shape index (κ3) is 3.25. The van der Waals surface area contributed by atoms with Crippen molar-refractivity contribution in [3.05, 3.63) is 67.0 Å². The van der Waals surface area contributed by atoms with Gasteiger partial charge in [-0.3, -0.25) is 9.36 Å². The quantitative estimate of drug-likeness (QED) is 0.410. The highest BCUT2D eigenvalue weighted by atomic mass is 35.5. The second-order valence-corrected chi connectivity index (χ2v) is 9.29. The molecule has 0 N–H and O–H groups in total. The topological polar surface area (TPSA) is 74.1 Å². The number of hydrogen-bond donors (Lipinski definition) is 0. The fourth-order valence-electron chi connectivity index (χ4n) is 3.61. The van der Waals surface area contributed by atoms with E-state index in [0.717, 1.165) is 29.2 Å². The number of benzene rings is 1. The number of rotatable bonds is 4. The van der Waals surface area contributed by atoms with Gasteiger partial charge in [-0.1, -0.05) is 29.8 Å². The van der Waals surface area contributed by atoms with E-state index in [4.69, 9.17) is 16.3 Å². The summed E-state index contributed by atoms with van der Waals surface area (Å²) in [6.45, 7) is 2.51. The van der Waals surface area contributed by atoms with E-state index in [1.54, 1.807) is 11.5 Å². The van der Waals surface area contributed by atoms with Crippen molar-refractivity contribution >= 4 is 50.5 Å². The first-order valence-corrected chi connectivity index (χ1v) is 11.5. The first kappa shape index (κ1) is 19.4. The fraction of sp³-hybridized carbons (Fsp3) is 0.238. The predicted molar refractivity (Wildman–Crippen MR) is 119 cm³/mol. The van der Waals surface area contributed by atoms with Crippen LogP contribution in [0.3, 0.4) is 0 Å². The molecule has 30 heavy (non-hydrogen) atoms. The maximum atomic E-state index is 12.8. The summed E-state index contributed by atoms with van der Waals surface area (Å²) in [6.07, 6.45) is 1.72. The van der Waals surface area contributed by atoms with Gasteiger partial charge >= 0.3 is 5.97 Å². The zero-order valence-corrected chi connectivity index (χ0v) is 18.4. The summed E-state index contributed by atoms with van der Waals surface area (Å²) in [7, 11) is 0. The lowest BCUT2D eigenvalue weighted by atomic mass is 10.2. The van der Waals surface area contributed by atoms with Gasteiger partial charge in [-0.25, -0.2) is 14.8 Å². The molecule has 0 saturated heterocycles. The van der Waals surface area contributed by atoms with Crippen LogP contribution in [0.1, 0.15) is 33.2 Å². The molecule has 1 aliphatic rings. The molecule has 1 aliphatic heterocycles. The van der Waals surface area contributed by atoms with Crippen molar-refractivity contribution in [2.75, 3.05) is 0 Å². The highest BCUT2D eigenvalue weighted by Crippen LogP contribution is 2.31. The molecule has 1 aromatic carbocycles. The largest absolute Gasteiger partial charge is 0.455 e. The molecular weight excluding hydrogens is 442 g/mol. The van der Waals surface area contributed by atoms with Gasteiger partial charge in [0.05, 0.1) is 16.1 Å². The number of aryl methyl sites for hydroxylation is 2. The number of ether oxygens (including phenoxy) is 1. The van der Waals surface area contributed by atoms with Crippen molar-refractivity contribution in [3.8, 4) is 10.6 Å². The van der Waals surface area contributed by atoms with E-state index in [0.29, 0.717) is 37.9 Å². The lowest BCUT2D eigenvalue weighted by Gasteiger charge is -2.03. The van der Waals surface area contributed by atoms with E-state index >= 15 is 0 Å². The van der Waals surface area contributed by atoms with Crippen molar-refractivity contribution < 1.29 is 9.53 Å². The molecule has 5 rings (SSSR count). The van der Waals surface area contributed by atoms with Crippen molar-refractivity contribution in [1.82, 2.24) is 14.5 Å². The van der Waals surface area contributed by atoms with E-state index in [2.05, 4.69) is 9.97 Å². The number of hydrogen-bond acceptors (Lipinski definition) is 7. The molecule has 4 heterocycles. The summed E-state index contributed by atoms with van der Waals surface area (Å²) >= 11 is 8.89. The molecular formula is C21H16ClN3O3S2. The highest BCUT2D eigenvalue weighted by Gasteiger charge is 2.24. The maximum Gasteiger partial charge on any atom is 0.349 e. The minimum Gasteiger partial charge on any atom is -0.455 e. The van der Waals surface area contributed by atoms with Crippen LogP contribution in [-0.2, 0) is 24.3 Å². The molecule has 0 amide bonds. The first-order chi connectivity index (χ1) is 14.5. The predicted octanol–water partition coefficient (Wildman–Crippen LogP) is 4.85. The molecule has 6 nitrogen and oxygen atoms in total. The molecule has 0 saturated carbocycles. The molecule has 0 spiro atoms. The van der Waals surface area contributed by atoms with Crippen LogP contribution in [0.15, 0.2) is 34.4 Å². The monoisotopic (exact) mass is 457 g/mol. The van der Waals surface area contributed by atoms with Gasteiger partial charge in [0.2, 0.25) is 0 Å². The minimum absolute atomic E-state index is 0.0520. The number of fused-ring (bicyclic) bond motifs is 2. The Morgan fingerprint density at radius 1 is 1.30 bits per heavy atom. The van der Waals surface area contributed by atoms with Crippen molar-refractivity contribution in [3.63, 3.8) is 0 Å². The summed E-state index contributed by atoms with van der Waals surface area (Å²) in [5.74, 6) is 0.329. The number of thiophene rings is 1. The number of nitrogens with zero attached hydrogens (tertiary/aromatic N) is 3. The summed E-state index contributed by atoms with van der Waals surface area (Å²) in [5.41, 5.74) is 2.07. The van der Waals surface area contributed by atoms with Gasteiger partial charge in [0.15, 0.2) is 0 Å². The van der Waals surface area contributed by atoms with Gasteiger partial charge in [-0.15, -0.1) is 22.7 Å². The van der Waals surface area contributed by atoms with Gasteiger partial charge in [0.25, 0.3) is 5.56 Å². The zero-order valence-electron chi connectivity index (χ0n) is 16.0. The molecule has 152 valence electrons. The summed E-state index contributed by atoms with van der Waals surface area (Å²) in [5, 5.41) is 3.77. The van der Waals surface area contributed by atoms with E-state index in [-0.39, 0.29) is 12.2 Å². The minimum atomic E-state index is -0.465. The SMILES string of the molecule is Cc1c(C(=O)OCc2csc(-c3ccccc3Cl)n2)sc2nc3n(c(=O)c12)CCC3. The average molecular weight is 458 g/mol. The van der Waals surface area contributed by atoms with Crippen LogP contribution in [0, 0.1) is 6.92 Å². The molecule has 3 aromatic heterocycles. The number of halogens is 1. The second kappa shape index (κ2) is 7.61. The van der Waals surface area contributed by atoms with Gasteiger partial charge in [0.1, 0.15) is 27.1 Å². The second-order valence-electron chi connectivity index (χ2n) is 7.02. The normalized spacial score (nSPS) is 13.0. The van der Waals surface area contributed by atoms with Gasteiger partial charge in [-0.2, -0.15) is 0 Å². The maximum absolute atomic E-state index is 12.8. The standard InChI is InChI=1S/C21H16ClN3O3S2/c1-11-16-19(24-15-7-4-8-25(15)20(16)26)30-17(11)21(27)28-9-12-10-29-18(23-12)13-5-2-3-6-14(13)22/h2-3,5-6,10H,4,7-9H2,1H3. The van der Waals surface area contributed by atoms with E-state index in [9.17, 15) is 9.59 Å². The van der Waals surface area contributed by atoms with Gasteiger partial charge in [0, 0.05) is 23.9 Å².